The van der Waals surface area contributed by atoms with Crippen molar-refractivity contribution in [2.75, 3.05) is 11.9 Å². The maximum atomic E-state index is 13.6. The van der Waals surface area contributed by atoms with Crippen LogP contribution in [0.25, 0.3) is 0 Å². The van der Waals surface area contributed by atoms with Gasteiger partial charge in [0, 0.05) is 5.69 Å². The number of benzene rings is 2. The first kappa shape index (κ1) is 30.6. The van der Waals surface area contributed by atoms with Crippen LogP contribution in [0.15, 0.2) is 48.5 Å². The van der Waals surface area contributed by atoms with Crippen LogP contribution in [-0.4, -0.2) is 18.5 Å². The fraction of sp³-hybridized carbons (Fsp3) is 0.576. The van der Waals surface area contributed by atoms with Gasteiger partial charge in [0.1, 0.15) is 0 Å². The zero-order chi connectivity index (χ0) is 27.0. The molecular weight excluding hydrogens is 458 g/mol. The summed E-state index contributed by atoms with van der Waals surface area (Å²) in [5.74, 6) is -1.33. The predicted octanol–water partition coefficient (Wildman–Crippen LogP) is 9.12. The number of hydrogen-bond acceptors (Lipinski definition) is 3. The van der Waals surface area contributed by atoms with Crippen molar-refractivity contribution in [2.45, 2.75) is 117 Å². The van der Waals surface area contributed by atoms with E-state index in [4.69, 9.17) is 4.74 Å². The van der Waals surface area contributed by atoms with Crippen LogP contribution < -0.4 is 5.32 Å². The number of unbranched alkanes of at least 4 members (excludes halogenated alkanes) is 9. The Morgan fingerprint density at radius 3 is 1.73 bits per heavy atom. The number of para-hydroxylation sites is 1. The molecule has 0 radical (unpaired) electrons. The highest BCUT2D eigenvalue weighted by Gasteiger charge is 2.31. The smallest absolute Gasteiger partial charge is 0.323 e. The Kier molecular flexibility index (Phi) is 14.1. The van der Waals surface area contributed by atoms with E-state index >= 15 is 0 Å². The highest BCUT2D eigenvalue weighted by molar-refractivity contribution is 6.10. The quantitative estimate of drug-likeness (QED) is 0.132. The molecule has 4 nitrogen and oxygen atoms in total. The lowest BCUT2D eigenvalue weighted by atomic mass is 9.91. The van der Waals surface area contributed by atoms with Gasteiger partial charge < -0.3 is 10.1 Å². The molecule has 0 fully saturated rings. The van der Waals surface area contributed by atoms with Crippen molar-refractivity contribution < 1.29 is 14.3 Å². The van der Waals surface area contributed by atoms with Crippen molar-refractivity contribution >= 4 is 17.6 Å². The molecule has 1 N–H and O–H groups in total. The summed E-state index contributed by atoms with van der Waals surface area (Å²) in [4.78, 5) is 26.8. The number of carbonyl (C=O) groups is 2. The second-order valence-corrected chi connectivity index (χ2v) is 10.8. The van der Waals surface area contributed by atoms with Crippen molar-refractivity contribution in [2.24, 2.45) is 0 Å². The van der Waals surface area contributed by atoms with Gasteiger partial charge in [-0.05, 0) is 34.9 Å². The molecular formula is C33H49NO3. The van der Waals surface area contributed by atoms with E-state index < -0.39 is 11.9 Å². The van der Waals surface area contributed by atoms with Crippen LogP contribution in [0, 0.1) is 0 Å². The number of esters is 1. The van der Waals surface area contributed by atoms with Crippen molar-refractivity contribution in [3.05, 3.63) is 65.2 Å². The Morgan fingerprint density at radius 1 is 0.703 bits per heavy atom. The summed E-state index contributed by atoms with van der Waals surface area (Å²) in [6.45, 7) is 11.1. The first-order valence-electron chi connectivity index (χ1n) is 14.5. The van der Waals surface area contributed by atoms with E-state index in [1.54, 1.807) is 0 Å². The van der Waals surface area contributed by atoms with Gasteiger partial charge in [0.2, 0.25) is 5.91 Å². The Labute approximate surface area is 225 Å². The van der Waals surface area contributed by atoms with Gasteiger partial charge in [0.05, 0.1) is 6.61 Å². The zero-order valence-corrected chi connectivity index (χ0v) is 23.9. The van der Waals surface area contributed by atoms with Crippen LogP contribution in [0.2, 0.25) is 0 Å². The van der Waals surface area contributed by atoms with Gasteiger partial charge in [-0.25, -0.2) is 0 Å². The maximum Gasteiger partial charge on any atom is 0.323 e. The third-order valence-electron chi connectivity index (χ3n) is 6.99. The first-order chi connectivity index (χ1) is 17.9. The number of hydrogen-bond donors (Lipinski definition) is 1. The molecule has 0 aliphatic carbocycles. The summed E-state index contributed by atoms with van der Waals surface area (Å²) in [6.07, 6.45) is 12.2. The first-order valence-corrected chi connectivity index (χ1v) is 14.5. The Hall–Kier alpha value is -2.62. The average molecular weight is 508 g/mol. The molecule has 2 rings (SSSR count). The molecule has 0 aliphatic rings. The largest absolute Gasteiger partial charge is 0.465 e. The van der Waals surface area contributed by atoms with Gasteiger partial charge in [-0.2, -0.15) is 0 Å². The van der Waals surface area contributed by atoms with Crippen LogP contribution in [0.1, 0.15) is 133 Å². The second kappa shape index (κ2) is 17.0. The summed E-state index contributed by atoms with van der Waals surface area (Å²) >= 11 is 0. The molecule has 0 aromatic heterocycles. The molecule has 0 aliphatic heterocycles. The zero-order valence-electron chi connectivity index (χ0n) is 23.9. The number of anilines is 1. The summed E-state index contributed by atoms with van der Waals surface area (Å²) in [6, 6.07) is 15.4. The van der Waals surface area contributed by atoms with Crippen LogP contribution in [0.5, 0.6) is 0 Å². The minimum Gasteiger partial charge on any atom is -0.465 e. The monoisotopic (exact) mass is 507 g/mol. The standard InChI is InChI=1S/C33H49NO3/c1-6-7-8-9-10-11-12-13-14-18-24-37-33(36)30(27-20-16-15-17-21-27)32(35)34-31-28(25(2)3)22-19-23-29(31)26(4)5/h15-17,19-23,25-26,30H,6-14,18,24H2,1-5H3,(H,34,35)/t30-/m1/s1. The Morgan fingerprint density at radius 2 is 1.22 bits per heavy atom. The highest BCUT2D eigenvalue weighted by Crippen LogP contribution is 2.33. The molecule has 1 atom stereocenters. The van der Waals surface area contributed by atoms with E-state index in [2.05, 4.69) is 39.9 Å². The van der Waals surface area contributed by atoms with Crippen molar-refractivity contribution in [3.63, 3.8) is 0 Å². The molecule has 2 aromatic rings. The molecule has 0 unspecified atom stereocenters. The molecule has 0 saturated carbocycles. The lowest BCUT2D eigenvalue weighted by Crippen LogP contribution is -2.30. The lowest BCUT2D eigenvalue weighted by molar-refractivity contribution is -0.148. The molecule has 204 valence electrons. The van der Waals surface area contributed by atoms with Crippen molar-refractivity contribution in [1.29, 1.82) is 0 Å². The van der Waals surface area contributed by atoms with Crippen molar-refractivity contribution in [1.82, 2.24) is 0 Å². The number of ether oxygens (including phenoxy) is 1. The van der Waals surface area contributed by atoms with Gasteiger partial charge in [0.25, 0.3) is 0 Å². The average Bonchev–Trinajstić information content (AvgIpc) is 2.88. The number of carbonyl (C=O) groups excluding carboxylic acids is 2. The van der Waals surface area contributed by atoms with Gasteiger partial charge in [-0.1, -0.05) is 141 Å². The Bertz CT molecular complexity index is 910. The molecule has 1 amide bonds. The van der Waals surface area contributed by atoms with E-state index in [9.17, 15) is 9.59 Å². The third-order valence-corrected chi connectivity index (χ3v) is 6.99. The molecule has 0 bridgehead atoms. The van der Waals surface area contributed by atoms with E-state index in [1.165, 1.54) is 44.9 Å². The minimum absolute atomic E-state index is 0.243. The molecule has 0 saturated heterocycles. The van der Waals surface area contributed by atoms with Gasteiger partial charge in [-0.3, -0.25) is 9.59 Å². The van der Waals surface area contributed by atoms with Gasteiger partial charge >= 0.3 is 5.97 Å². The van der Waals surface area contributed by atoms with E-state index in [0.29, 0.717) is 12.2 Å². The van der Waals surface area contributed by atoms with Crippen LogP contribution >= 0.6 is 0 Å². The molecule has 37 heavy (non-hydrogen) atoms. The summed E-state index contributed by atoms with van der Waals surface area (Å²) in [7, 11) is 0. The maximum absolute atomic E-state index is 13.6. The second-order valence-electron chi connectivity index (χ2n) is 10.8. The topological polar surface area (TPSA) is 55.4 Å². The summed E-state index contributed by atoms with van der Waals surface area (Å²) in [5.41, 5.74) is 3.62. The number of nitrogens with one attached hydrogen (secondary N) is 1. The molecule has 0 spiro atoms. The summed E-state index contributed by atoms with van der Waals surface area (Å²) < 4.78 is 5.65. The fourth-order valence-electron chi connectivity index (χ4n) is 4.78. The fourth-order valence-corrected chi connectivity index (χ4v) is 4.78. The van der Waals surface area contributed by atoms with Gasteiger partial charge in [-0.15, -0.1) is 0 Å². The molecule has 0 heterocycles. The minimum atomic E-state index is -0.996. The highest BCUT2D eigenvalue weighted by atomic mass is 16.5. The number of rotatable bonds is 17. The molecule has 4 heteroatoms. The van der Waals surface area contributed by atoms with Crippen LogP contribution in [-0.2, 0) is 14.3 Å². The van der Waals surface area contributed by atoms with Gasteiger partial charge in [0.15, 0.2) is 5.92 Å². The van der Waals surface area contributed by atoms with Crippen molar-refractivity contribution in [3.8, 4) is 0 Å². The number of amides is 1. The predicted molar refractivity (Wildman–Crippen MR) is 155 cm³/mol. The van der Waals surface area contributed by atoms with E-state index in [0.717, 1.165) is 36.1 Å². The van der Waals surface area contributed by atoms with Crippen LogP contribution in [0.3, 0.4) is 0 Å². The third kappa shape index (κ3) is 10.3. The Balaban J connectivity index is 1.98. The van der Waals surface area contributed by atoms with E-state index in [-0.39, 0.29) is 17.7 Å². The normalized spacial score (nSPS) is 12.1. The van der Waals surface area contributed by atoms with Crippen LogP contribution in [0.4, 0.5) is 5.69 Å². The SMILES string of the molecule is CCCCCCCCCCCCOC(=O)[C@@H](C(=O)Nc1c(C(C)C)cccc1C(C)C)c1ccccc1. The lowest BCUT2D eigenvalue weighted by Gasteiger charge is -2.22. The van der Waals surface area contributed by atoms with E-state index in [1.807, 2.05) is 48.5 Å². The summed E-state index contributed by atoms with van der Waals surface area (Å²) in [5, 5.41) is 3.12. The molecule has 2 aromatic carbocycles.